The number of hydrogen-bond donors (Lipinski definition) is 2. The standard InChI is InChI=1S/C9H10N4O2S/c14-5-1-6(10-2-5)9-12-8(13-15-9)7-3-16-4-11-7/h3-6,10,14H,1-2H2/t5-,6-/m1/s1. The molecular formula is C9H10N4O2S. The zero-order chi connectivity index (χ0) is 11.0. The van der Waals surface area contributed by atoms with Crippen LogP contribution in [0.3, 0.4) is 0 Å². The molecule has 7 heteroatoms. The summed E-state index contributed by atoms with van der Waals surface area (Å²) >= 11 is 1.49. The van der Waals surface area contributed by atoms with Crippen molar-refractivity contribution in [3.8, 4) is 11.5 Å². The molecule has 3 heterocycles. The Labute approximate surface area is 95.3 Å². The van der Waals surface area contributed by atoms with Crippen molar-refractivity contribution in [2.45, 2.75) is 18.6 Å². The summed E-state index contributed by atoms with van der Waals surface area (Å²) in [6.07, 6.45) is 0.276. The van der Waals surface area contributed by atoms with E-state index in [4.69, 9.17) is 4.52 Å². The first-order chi connectivity index (χ1) is 7.83. The van der Waals surface area contributed by atoms with Crippen molar-refractivity contribution in [1.82, 2.24) is 20.4 Å². The number of nitrogens with one attached hydrogen (secondary N) is 1. The Morgan fingerprint density at radius 3 is 3.19 bits per heavy atom. The van der Waals surface area contributed by atoms with Gasteiger partial charge in [-0.25, -0.2) is 4.98 Å². The van der Waals surface area contributed by atoms with Crippen LogP contribution in [0.25, 0.3) is 11.5 Å². The van der Waals surface area contributed by atoms with E-state index < -0.39 is 0 Å². The van der Waals surface area contributed by atoms with Crippen molar-refractivity contribution in [1.29, 1.82) is 0 Å². The van der Waals surface area contributed by atoms with E-state index in [2.05, 4.69) is 20.4 Å². The third-order valence-corrected chi connectivity index (χ3v) is 3.10. The fourth-order valence-electron chi connectivity index (χ4n) is 1.71. The third kappa shape index (κ3) is 1.73. The molecule has 1 fully saturated rings. The summed E-state index contributed by atoms with van der Waals surface area (Å²) in [5.74, 6) is 1.01. The van der Waals surface area contributed by atoms with Crippen LogP contribution in [0.4, 0.5) is 0 Å². The van der Waals surface area contributed by atoms with Crippen LogP contribution in [0.2, 0.25) is 0 Å². The maximum Gasteiger partial charge on any atom is 0.244 e. The van der Waals surface area contributed by atoms with Gasteiger partial charge in [0.2, 0.25) is 11.7 Å². The Bertz CT molecular complexity index is 470. The Balaban J connectivity index is 1.83. The molecular weight excluding hydrogens is 228 g/mol. The van der Waals surface area contributed by atoms with Gasteiger partial charge in [-0.15, -0.1) is 11.3 Å². The van der Waals surface area contributed by atoms with Crippen LogP contribution in [-0.2, 0) is 0 Å². The van der Waals surface area contributed by atoms with Gasteiger partial charge in [-0.3, -0.25) is 0 Å². The zero-order valence-electron chi connectivity index (χ0n) is 8.33. The molecule has 2 N–H and O–H groups in total. The summed E-state index contributed by atoms with van der Waals surface area (Å²) < 4.78 is 5.15. The zero-order valence-corrected chi connectivity index (χ0v) is 9.15. The molecule has 84 valence electrons. The van der Waals surface area contributed by atoms with Gasteiger partial charge in [-0.1, -0.05) is 5.16 Å². The van der Waals surface area contributed by atoms with Crippen molar-refractivity contribution >= 4 is 11.3 Å². The number of rotatable bonds is 2. The summed E-state index contributed by atoms with van der Waals surface area (Å²) in [6.45, 7) is 0.569. The topological polar surface area (TPSA) is 84.1 Å². The number of thiazole rings is 1. The van der Waals surface area contributed by atoms with Gasteiger partial charge in [-0.2, -0.15) is 4.98 Å². The number of β-amino-alcohol motifs (C(OH)–C–C–N with tert-alkyl or cyclic N) is 1. The molecule has 1 saturated heterocycles. The second kappa shape index (κ2) is 3.93. The molecule has 1 aliphatic heterocycles. The first-order valence-corrected chi connectivity index (χ1v) is 5.91. The molecule has 0 radical (unpaired) electrons. The Hall–Kier alpha value is -1.31. The molecule has 6 nitrogen and oxygen atoms in total. The molecule has 0 bridgehead atoms. The van der Waals surface area contributed by atoms with Gasteiger partial charge in [0.05, 0.1) is 17.7 Å². The average Bonchev–Trinajstić information content (AvgIpc) is 2.97. The van der Waals surface area contributed by atoms with Crippen LogP contribution in [-0.4, -0.2) is 32.9 Å². The van der Waals surface area contributed by atoms with Gasteiger partial charge < -0.3 is 14.9 Å². The second-order valence-electron chi connectivity index (χ2n) is 3.68. The summed E-state index contributed by atoms with van der Waals surface area (Å²) in [5, 5.41) is 18.2. The molecule has 2 aromatic rings. The van der Waals surface area contributed by atoms with Crippen LogP contribution in [0.15, 0.2) is 15.4 Å². The molecule has 0 saturated carbocycles. The number of aliphatic hydroxyl groups excluding tert-OH is 1. The van der Waals surface area contributed by atoms with Crippen LogP contribution in [0.1, 0.15) is 18.4 Å². The van der Waals surface area contributed by atoms with Crippen LogP contribution in [0, 0.1) is 0 Å². The molecule has 0 spiro atoms. The highest BCUT2D eigenvalue weighted by molar-refractivity contribution is 7.07. The van der Waals surface area contributed by atoms with Gasteiger partial charge in [0, 0.05) is 11.9 Å². The van der Waals surface area contributed by atoms with Gasteiger partial charge in [-0.05, 0) is 6.42 Å². The van der Waals surface area contributed by atoms with Crippen LogP contribution >= 0.6 is 11.3 Å². The molecule has 0 unspecified atom stereocenters. The first-order valence-electron chi connectivity index (χ1n) is 4.96. The molecule has 0 aromatic carbocycles. The van der Waals surface area contributed by atoms with E-state index in [1.165, 1.54) is 11.3 Å². The maximum atomic E-state index is 9.39. The minimum absolute atomic E-state index is 0.0464. The number of aliphatic hydroxyl groups is 1. The minimum atomic E-state index is -0.334. The molecule has 0 aliphatic carbocycles. The quantitative estimate of drug-likeness (QED) is 0.796. The van der Waals surface area contributed by atoms with Crippen molar-refractivity contribution in [3.63, 3.8) is 0 Å². The van der Waals surface area contributed by atoms with E-state index in [9.17, 15) is 5.11 Å². The fraction of sp³-hybridized carbons (Fsp3) is 0.444. The van der Waals surface area contributed by atoms with Crippen LogP contribution in [0.5, 0.6) is 0 Å². The Kier molecular flexibility index (Phi) is 2.43. The number of nitrogens with zero attached hydrogens (tertiary/aromatic N) is 3. The van der Waals surface area contributed by atoms with Crippen LogP contribution < -0.4 is 5.32 Å². The summed E-state index contributed by atoms with van der Waals surface area (Å²) in [4.78, 5) is 8.37. The van der Waals surface area contributed by atoms with Crippen molar-refractivity contribution in [3.05, 3.63) is 16.8 Å². The second-order valence-corrected chi connectivity index (χ2v) is 4.40. The Morgan fingerprint density at radius 2 is 2.50 bits per heavy atom. The lowest BCUT2D eigenvalue weighted by Crippen LogP contribution is -2.15. The SMILES string of the molecule is O[C@H]1CN[C@@H](c2nc(-c3cscn3)no2)C1. The first kappa shape index (κ1) is 9.88. The lowest BCUT2D eigenvalue weighted by atomic mass is 10.2. The smallest absolute Gasteiger partial charge is 0.244 e. The fourth-order valence-corrected chi connectivity index (χ4v) is 2.24. The summed E-state index contributed by atoms with van der Waals surface area (Å²) in [7, 11) is 0. The van der Waals surface area contributed by atoms with Gasteiger partial charge in [0.1, 0.15) is 5.69 Å². The predicted octanol–water partition coefficient (Wildman–Crippen LogP) is 0.588. The number of aromatic nitrogens is 3. The summed E-state index contributed by atoms with van der Waals surface area (Å²) in [6, 6.07) is -0.0464. The molecule has 0 amide bonds. The molecule has 2 aromatic heterocycles. The van der Waals surface area contributed by atoms with E-state index >= 15 is 0 Å². The molecule has 16 heavy (non-hydrogen) atoms. The average molecular weight is 238 g/mol. The van der Waals surface area contributed by atoms with E-state index in [1.807, 2.05) is 5.38 Å². The third-order valence-electron chi connectivity index (χ3n) is 2.51. The highest BCUT2D eigenvalue weighted by Gasteiger charge is 2.28. The lowest BCUT2D eigenvalue weighted by Gasteiger charge is -2.01. The monoisotopic (exact) mass is 238 g/mol. The predicted molar refractivity (Wildman–Crippen MR) is 56.8 cm³/mol. The largest absolute Gasteiger partial charge is 0.392 e. The minimum Gasteiger partial charge on any atom is -0.392 e. The highest BCUT2D eigenvalue weighted by atomic mass is 32.1. The van der Waals surface area contributed by atoms with Crippen molar-refractivity contribution in [2.24, 2.45) is 0 Å². The highest BCUT2D eigenvalue weighted by Crippen LogP contribution is 2.24. The van der Waals surface area contributed by atoms with E-state index in [0.717, 1.165) is 5.69 Å². The maximum absolute atomic E-state index is 9.39. The molecule has 1 aliphatic rings. The lowest BCUT2D eigenvalue weighted by molar-refractivity contribution is 0.191. The molecule has 2 atom stereocenters. The van der Waals surface area contributed by atoms with E-state index in [1.54, 1.807) is 5.51 Å². The van der Waals surface area contributed by atoms with E-state index in [-0.39, 0.29) is 12.1 Å². The van der Waals surface area contributed by atoms with Crippen molar-refractivity contribution in [2.75, 3.05) is 6.54 Å². The van der Waals surface area contributed by atoms with E-state index in [0.29, 0.717) is 24.7 Å². The normalized spacial score (nSPS) is 25.1. The van der Waals surface area contributed by atoms with Crippen molar-refractivity contribution < 1.29 is 9.63 Å². The van der Waals surface area contributed by atoms with Gasteiger partial charge in [0.25, 0.3) is 0 Å². The number of hydrogen-bond acceptors (Lipinski definition) is 7. The van der Waals surface area contributed by atoms with Gasteiger partial charge in [0.15, 0.2) is 0 Å². The Morgan fingerprint density at radius 1 is 1.56 bits per heavy atom. The van der Waals surface area contributed by atoms with Gasteiger partial charge >= 0.3 is 0 Å². The summed E-state index contributed by atoms with van der Waals surface area (Å²) in [5.41, 5.74) is 2.45. The molecule has 3 rings (SSSR count).